The summed E-state index contributed by atoms with van der Waals surface area (Å²) in [6.45, 7) is 2.86. The van der Waals surface area contributed by atoms with Crippen molar-refractivity contribution in [2.45, 2.75) is 31.1 Å². The summed E-state index contributed by atoms with van der Waals surface area (Å²) < 4.78 is 5.60. The lowest BCUT2D eigenvalue weighted by Gasteiger charge is -2.08. The van der Waals surface area contributed by atoms with Crippen molar-refractivity contribution in [3.8, 4) is 5.75 Å². The first kappa shape index (κ1) is 18.2. The van der Waals surface area contributed by atoms with Gasteiger partial charge < -0.3 is 15.8 Å². The molecule has 5 heteroatoms. The molecule has 2 aromatic rings. The first-order valence-electron chi connectivity index (χ1n) is 8.18. The van der Waals surface area contributed by atoms with E-state index >= 15 is 0 Å². The van der Waals surface area contributed by atoms with Crippen LogP contribution in [0, 0.1) is 0 Å². The van der Waals surface area contributed by atoms with E-state index in [4.69, 9.17) is 10.5 Å². The third kappa shape index (κ3) is 6.54. The molecule has 0 atom stereocenters. The maximum absolute atomic E-state index is 12.0. The Kier molecular flexibility index (Phi) is 7.49. The van der Waals surface area contributed by atoms with Crippen molar-refractivity contribution in [3.63, 3.8) is 0 Å². The average Bonchev–Trinajstić information content (AvgIpc) is 2.58. The number of carbonyl (C=O) groups is 1. The van der Waals surface area contributed by atoms with Gasteiger partial charge in [-0.15, -0.1) is 11.8 Å². The summed E-state index contributed by atoms with van der Waals surface area (Å²) in [5.41, 5.74) is 7.19. The predicted octanol–water partition coefficient (Wildman–Crippen LogP) is 4.57. The number of nitrogens with two attached hydrogens (primary N) is 1. The molecule has 0 saturated carbocycles. The molecule has 0 aliphatic rings. The van der Waals surface area contributed by atoms with Gasteiger partial charge in [-0.3, -0.25) is 4.79 Å². The van der Waals surface area contributed by atoms with E-state index in [1.807, 2.05) is 48.5 Å². The molecular weight excluding hydrogens is 320 g/mol. The zero-order chi connectivity index (χ0) is 17.2. The molecule has 0 bridgehead atoms. The molecule has 2 rings (SSSR count). The standard InChI is InChI=1S/C19H24N2O2S/c1-2-3-13-23-17-8-6-16(7-9-17)21-19(22)12-14-24-18-10-4-15(20)5-11-18/h4-11H,2-3,12-14,20H2,1H3,(H,21,22). The smallest absolute Gasteiger partial charge is 0.225 e. The van der Waals surface area contributed by atoms with Crippen LogP contribution in [0.2, 0.25) is 0 Å². The number of nitrogen functional groups attached to an aromatic ring is 1. The summed E-state index contributed by atoms with van der Waals surface area (Å²) in [6.07, 6.45) is 2.62. The summed E-state index contributed by atoms with van der Waals surface area (Å²) in [7, 11) is 0. The van der Waals surface area contributed by atoms with Crippen LogP contribution >= 0.6 is 11.8 Å². The Balaban J connectivity index is 1.70. The third-order valence-corrected chi connectivity index (χ3v) is 4.40. The van der Waals surface area contributed by atoms with Crippen molar-refractivity contribution in [2.75, 3.05) is 23.4 Å². The minimum absolute atomic E-state index is 0.0117. The lowest BCUT2D eigenvalue weighted by atomic mass is 10.3. The Bertz CT molecular complexity index is 627. The number of hydrogen-bond donors (Lipinski definition) is 2. The molecule has 0 aliphatic carbocycles. The highest BCUT2D eigenvalue weighted by atomic mass is 32.2. The fourth-order valence-electron chi connectivity index (χ4n) is 2.02. The zero-order valence-corrected chi connectivity index (χ0v) is 14.8. The van der Waals surface area contributed by atoms with Gasteiger partial charge in [-0.25, -0.2) is 0 Å². The van der Waals surface area contributed by atoms with Crippen molar-refractivity contribution in [1.29, 1.82) is 0 Å². The van der Waals surface area contributed by atoms with Crippen molar-refractivity contribution < 1.29 is 9.53 Å². The highest BCUT2D eigenvalue weighted by Gasteiger charge is 2.04. The van der Waals surface area contributed by atoms with Crippen LogP contribution in [0.1, 0.15) is 26.2 Å². The second-order valence-electron chi connectivity index (χ2n) is 5.44. The van der Waals surface area contributed by atoms with Crippen molar-refractivity contribution in [2.24, 2.45) is 0 Å². The number of thioether (sulfide) groups is 1. The first-order valence-corrected chi connectivity index (χ1v) is 9.17. The van der Waals surface area contributed by atoms with E-state index < -0.39 is 0 Å². The molecule has 128 valence electrons. The normalized spacial score (nSPS) is 10.4. The fourth-order valence-corrected chi connectivity index (χ4v) is 2.87. The van der Waals surface area contributed by atoms with Gasteiger partial charge in [0.05, 0.1) is 6.61 Å². The molecule has 1 amide bonds. The van der Waals surface area contributed by atoms with Gasteiger partial charge in [0.25, 0.3) is 0 Å². The Hall–Kier alpha value is -2.14. The number of nitrogens with one attached hydrogen (secondary N) is 1. The van der Waals surface area contributed by atoms with Gasteiger partial charge in [0.2, 0.25) is 5.91 Å². The van der Waals surface area contributed by atoms with Gasteiger partial charge in [-0.2, -0.15) is 0 Å². The minimum Gasteiger partial charge on any atom is -0.494 e. The maximum atomic E-state index is 12.0. The van der Waals surface area contributed by atoms with Crippen LogP contribution in [0.15, 0.2) is 53.4 Å². The summed E-state index contributed by atoms with van der Waals surface area (Å²) in [4.78, 5) is 13.1. The van der Waals surface area contributed by atoms with Crippen LogP contribution in [-0.4, -0.2) is 18.3 Å². The predicted molar refractivity (Wildman–Crippen MR) is 102 cm³/mol. The SMILES string of the molecule is CCCCOc1ccc(NC(=O)CCSc2ccc(N)cc2)cc1. The Morgan fingerprint density at radius 2 is 1.83 bits per heavy atom. The lowest BCUT2D eigenvalue weighted by molar-refractivity contribution is -0.115. The molecule has 4 nitrogen and oxygen atoms in total. The highest BCUT2D eigenvalue weighted by molar-refractivity contribution is 7.99. The van der Waals surface area contributed by atoms with Crippen molar-refractivity contribution >= 4 is 29.0 Å². The average molecular weight is 344 g/mol. The number of benzene rings is 2. The van der Waals surface area contributed by atoms with Gasteiger partial charge in [0, 0.05) is 28.4 Å². The molecule has 0 unspecified atom stereocenters. The Labute approximate surface area is 147 Å². The van der Waals surface area contributed by atoms with E-state index in [0.717, 1.165) is 47.2 Å². The molecule has 0 saturated heterocycles. The van der Waals surface area contributed by atoms with Gasteiger partial charge in [0.1, 0.15) is 5.75 Å². The van der Waals surface area contributed by atoms with Gasteiger partial charge in [-0.1, -0.05) is 13.3 Å². The van der Waals surface area contributed by atoms with Crippen LogP contribution in [0.25, 0.3) is 0 Å². The number of hydrogen-bond acceptors (Lipinski definition) is 4. The van der Waals surface area contributed by atoms with Crippen LogP contribution in [0.3, 0.4) is 0 Å². The largest absolute Gasteiger partial charge is 0.494 e. The second kappa shape index (κ2) is 9.88. The molecule has 24 heavy (non-hydrogen) atoms. The van der Waals surface area contributed by atoms with Crippen LogP contribution in [-0.2, 0) is 4.79 Å². The molecule has 0 fully saturated rings. The van der Waals surface area contributed by atoms with Gasteiger partial charge >= 0.3 is 0 Å². The van der Waals surface area contributed by atoms with E-state index in [1.54, 1.807) is 11.8 Å². The lowest BCUT2D eigenvalue weighted by Crippen LogP contribution is -2.12. The van der Waals surface area contributed by atoms with Gasteiger partial charge in [-0.05, 0) is 55.0 Å². The highest BCUT2D eigenvalue weighted by Crippen LogP contribution is 2.20. The Morgan fingerprint density at radius 3 is 2.50 bits per heavy atom. The molecule has 0 heterocycles. The monoisotopic (exact) mass is 344 g/mol. The van der Waals surface area contributed by atoms with Crippen molar-refractivity contribution in [3.05, 3.63) is 48.5 Å². The first-order chi connectivity index (χ1) is 11.7. The second-order valence-corrected chi connectivity index (χ2v) is 6.61. The number of rotatable bonds is 9. The van der Waals surface area contributed by atoms with E-state index in [-0.39, 0.29) is 5.91 Å². The summed E-state index contributed by atoms with van der Waals surface area (Å²) in [5.74, 6) is 1.58. The molecule has 0 aliphatic heterocycles. The van der Waals surface area contributed by atoms with Crippen LogP contribution < -0.4 is 15.8 Å². The number of amides is 1. The Morgan fingerprint density at radius 1 is 1.12 bits per heavy atom. The molecule has 0 aromatic heterocycles. The molecule has 0 spiro atoms. The van der Waals surface area contributed by atoms with E-state index in [9.17, 15) is 4.79 Å². The van der Waals surface area contributed by atoms with E-state index in [2.05, 4.69) is 12.2 Å². The van der Waals surface area contributed by atoms with Crippen molar-refractivity contribution in [1.82, 2.24) is 0 Å². The van der Waals surface area contributed by atoms with Crippen LogP contribution in [0.4, 0.5) is 11.4 Å². The fraction of sp³-hybridized carbons (Fsp3) is 0.316. The number of carbonyl (C=O) groups excluding carboxylic acids is 1. The molecular formula is C19H24N2O2S. The minimum atomic E-state index is 0.0117. The quantitative estimate of drug-likeness (QED) is 0.397. The number of unbranched alkanes of at least 4 members (excludes halogenated alkanes) is 1. The van der Waals surface area contributed by atoms with E-state index in [1.165, 1.54) is 0 Å². The topological polar surface area (TPSA) is 64.3 Å². The number of anilines is 2. The summed E-state index contributed by atoms with van der Waals surface area (Å²) >= 11 is 1.65. The third-order valence-electron chi connectivity index (χ3n) is 3.38. The zero-order valence-electron chi connectivity index (χ0n) is 14.0. The van der Waals surface area contributed by atoms with Crippen LogP contribution in [0.5, 0.6) is 5.75 Å². The maximum Gasteiger partial charge on any atom is 0.225 e. The number of ether oxygens (including phenoxy) is 1. The molecule has 3 N–H and O–H groups in total. The van der Waals surface area contributed by atoms with E-state index in [0.29, 0.717) is 6.42 Å². The molecule has 0 radical (unpaired) electrons. The summed E-state index contributed by atoms with van der Waals surface area (Å²) in [6, 6.07) is 15.2. The van der Waals surface area contributed by atoms with Gasteiger partial charge in [0.15, 0.2) is 0 Å². The molecule has 2 aromatic carbocycles. The summed E-state index contributed by atoms with van der Waals surface area (Å²) in [5, 5.41) is 2.90.